The Balaban J connectivity index is 2.79. The van der Waals surface area contributed by atoms with Crippen LogP contribution in [0.5, 0.6) is 0 Å². The summed E-state index contributed by atoms with van der Waals surface area (Å²) in [6, 6.07) is 3.87. The average molecular weight is 197 g/mol. The van der Waals surface area contributed by atoms with Crippen LogP contribution < -0.4 is 0 Å². The molecular weight excluding hydrogens is 188 g/mol. The van der Waals surface area contributed by atoms with Crippen LogP contribution in [0, 0.1) is 6.92 Å². The van der Waals surface area contributed by atoms with Crippen molar-refractivity contribution in [1.82, 2.24) is 9.38 Å². The van der Waals surface area contributed by atoms with Crippen molar-refractivity contribution >= 4 is 17.2 Å². The zero-order valence-electron chi connectivity index (χ0n) is 7.16. The highest BCUT2D eigenvalue weighted by Crippen LogP contribution is 2.18. The van der Waals surface area contributed by atoms with Crippen molar-refractivity contribution in [3.63, 3.8) is 0 Å². The van der Waals surface area contributed by atoms with Gasteiger partial charge in [-0.2, -0.15) is 0 Å². The lowest BCUT2D eigenvalue weighted by Crippen LogP contribution is -1.92. The molecule has 0 saturated carbocycles. The maximum atomic E-state index is 9.03. The van der Waals surface area contributed by atoms with Gasteiger partial charge >= 0.3 is 0 Å². The molecule has 0 aliphatic carbocycles. The van der Waals surface area contributed by atoms with E-state index in [1.54, 1.807) is 4.40 Å². The SMILES string of the molecule is Cc1ccn2c(CO)c(Cl)nc2c1. The van der Waals surface area contributed by atoms with E-state index in [2.05, 4.69) is 4.98 Å². The largest absolute Gasteiger partial charge is 0.390 e. The van der Waals surface area contributed by atoms with Crippen LogP contribution in [0.15, 0.2) is 18.3 Å². The predicted molar refractivity (Wildman–Crippen MR) is 50.9 cm³/mol. The third kappa shape index (κ3) is 1.30. The van der Waals surface area contributed by atoms with E-state index < -0.39 is 0 Å². The van der Waals surface area contributed by atoms with E-state index in [-0.39, 0.29) is 6.61 Å². The number of halogens is 1. The Bertz CT molecular complexity index is 450. The molecule has 13 heavy (non-hydrogen) atoms. The molecule has 2 heterocycles. The molecule has 0 unspecified atom stereocenters. The minimum Gasteiger partial charge on any atom is -0.390 e. The van der Waals surface area contributed by atoms with Crippen molar-refractivity contribution in [2.24, 2.45) is 0 Å². The van der Waals surface area contributed by atoms with E-state index in [1.807, 2.05) is 25.3 Å². The highest BCUT2D eigenvalue weighted by molar-refractivity contribution is 6.30. The molecule has 0 atom stereocenters. The third-order valence-corrected chi connectivity index (χ3v) is 2.28. The predicted octanol–water partition coefficient (Wildman–Crippen LogP) is 1.79. The Morgan fingerprint density at radius 3 is 3.08 bits per heavy atom. The molecule has 2 aromatic rings. The molecule has 4 heteroatoms. The number of fused-ring (bicyclic) bond motifs is 1. The number of hydrogen-bond donors (Lipinski definition) is 1. The van der Waals surface area contributed by atoms with Crippen LogP contribution in [0.4, 0.5) is 0 Å². The van der Waals surface area contributed by atoms with E-state index in [0.29, 0.717) is 10.8 Å². The second-order valence-electron chi connectivity index (χ2n) is 2.94. The number of rotatable bonds is 1. The maximum Gasteiger partial charge on any atom is 0.153 e. The van der Waals surface area contributed by atoms with Gasteiger partial charge in [-0.3, -0.25) is 0 Å². The maximum absolute atomic E-state index is 9.03. The van der Waals surface area contributed by atoms with E-state index in [1.165, 1.54) is 0 Å². The van der Waals surface area contributed by atoms with E-state index >= 15 is 0 Å². The summed E-state index contributed by atoms with van der Waals surface area (Å²) >= 11 is 5.83. The molecule has 68 valence electrons. The zero-order valence-corrected chi connectivity index (χ0v) is 7.91. The van der Waals surface area contributed by atoms with E-state index in [9.17, 15) is 0 Å². The van der Waals surface area contributed by atoms with Crippen molar-refractivity contribution < 1.29 is 5.11 Å². The first-order valence-corrected chi connectivity index (χ1v) is 4.34. The summed E-state index contributed by atoms with van der Waals surface area (Å²) in [5.74, 6) is 0. The fraction of sp³-hybridized carbons (Fsp3) is 0.222. The molecule has 0 aliphatic heterocycles. The minimum atomic E-state index is -0.0942. The lowest BCUT2D eigenvalue weighted by Gasteiger charge is -1.98. The van der Waals surface area contributed by atoms with E-state index in [0.717, 1.165) is 11.2 Å². The van der Waals surface area contributed by atoms with Gasteiger partial charge in [0, 0.05) is 6.20 Å². The number of imidazole rings is 1. The van der Waals surface area contributed by atoms with Gasteiger partial charge in [0.05, 0.1) is 12.3 Å². The van der Waals surface area contributed by atoms with Gasteiger partial charge in [0.1, 0.15) is 5.65 Å². The number of pyridine rings is 1. The highest BCUT2D eigenvalue weighted by atomic mass is 35.5. The normalized spacial score (nSPS) is 11.0. The van der Waals surface area contributed by atoms with Crippen LogP contribution in [0.2, 0.25) is 5.15 Å². The standard InChI is InChI=1S/C9H9ClN2O/c1-6-2-3-12-7(5-13)9(10)11-8(12)4-6/h2-4,13H,5H2,1H3. The quantitative estimate of drug-likeness (QED) is 0.755. The molecule has 0 amide bonds. The van der Waals surface area contributed by atoms with Crippen LogP contribution in [-0.2, 0) is 6.61 Å². The van der Waals surface area contributed by atoms with Crippen LogP contribution in [0.1, 0.15) is 11.3 Å². The second-order valence-corrected chi connectivity index (χ2v) is 3.30. The molecule has 2 aromatic heterocycles. The molecule has 0 spiro atoms. The Kier molecular flexibility index (Phi) is 1.98. The van der Waals surface area contributed by atoms with Crippen LogP contribution in [-0.4, -0.2) is 14.5 Å². The molecule has 2 rings (SSSR count). The highest BCUT2D eigenvalue weighted by Gasteiger charge is 2.08. The Morgan fingerprint density at radius 2 is 2.38 bits per heavy atom. The summed E-state index contributed by atoms with van der Waals surface area (Å²) in [6.45, 7) is 1.89. The monoisotopic (exact) mass is 196 g/mol. The van der Waals surface area contributed by atoms with Crippen LogP contribution in [0.25, 0.3) is 5.65 Å². The van der Waals surface area contributed by atoms with Crippen molar-refractivity contribution in [2.45, 2.75) is 13.5 Å². The summed E-state index contributed by atoms with van der Waals surface area (Å²) in [5.41, 5.74) is 2.53. The van der Waals surface area contributed by atoms with Gasteiger partial charge < -0.3 is 9.51 Å². The lowest BCUT2D eigenvalue weighted by molar-refractivity contribution is 0.276. The number of nitrogens with zero attached hydrogens (tertiary/aromatic N) is 2. The molecule has 3 nitrogen and oxygen atoms in total. The number of aromatic nitrogens is 2. The average Bonchev–Trinajstić information content (AvgIpc) is 2.39. The second kappa shape index (κ2) is 3.01. The van der Waals surface area contributed by atoms with Crippen molar-refractivity contribution in [2.75, 3.05) is 0 Å². The van der Waals surface area contributed by atoms with Gasteiger partial charge in [-0.25, -0.2) is 4.98 Å². The summed E-state index contributed by atoms with van der Waals surface area (Å²) in [5, 5.41) is 9.40. The molecule has 0 aliphatic rings. The van der Waals surface area contributed by atoms with Gasteiger partial charge in [0.2, 0.25) is 0 Å². The van der Waals surface area contributed by atoms with Gasteiger partial charge in [-0.15, -0.1) is 0 Å². The minimum absolute atomic E-state index is 0.0942. The number of aliphatic hydroxyl groups excluding tert-OH is 1. The van der Waals surface area contributed by atoms with Crippen molar-refractivity contribution in [3.05, 3.63) is 34.7 Å². The first-order chi connectivity index (χ1) is 6.22. The van der Waals surface area contributed by atoms with Crippen LogP contribution in [0.3, 0.4) is 0 Å². The van der Waals surface area contributed by atoms with Gasteiger partial charge in [-0.05, 0) is 24.6 Å². The number of aryl methyl sites for hydroxylation is 1. The summed E-state index contributed by atoms with van der Waals surface area (Å²) in [7, 11) is 0. The van der Waals surface area contributed by atoms with Gasteiger partial charge in [0.15, 0.2) is 5.15 Å². The molecule has 0 radical (unpaired) electrons. The first kappa shape index (κ1) is 8.53. The molecular formula is C9H9ClN2O. The third-order valence-electron chi connectivity index (χ3n) is 1.98. The fourth-order valence-corrected chi connectivity index (χ4v) is 1.55. The molecule has 0 aromatic carbocycles. The summed E-state index contributed by atoms with van der Waals surface area (Å²) < 4.78 is 1.79. The summed E-state index contributed by atoms with van der Waals surface area (Å²) in [6.07, 6.45) is 1.86. The van der Waals surface area contributed by atoms with E-state index in [4.69, 9.17) is 16.7 Å². The zero-order chi connectivity index (χ0) is 9.42. The molecule has 1 N–H and O–H groups in total. The Labute approximate surface area is 80.6 Å². The first-order valence-electron chi connectivity index (χ1n) is 3.96. The lowest BCUT2D eigenvalue weighted by atomic mass is 10.3. The molecule has 0 fully saturated rings. The molecule has 0 bridgehead atoms. The van der Waals surface area contributed by atoms with Crippen molar-refractivity contribution in [1.29, 1.82) is 0 Å². The fourth-order valence-electron chi connectivity index (χ4n) is 1.31. The van der Waals surface area contributed by atoms with Gasteiger partial charge in [0.25, 0.3) is 0 Å². The topological polar surface area (TPSA) is 37.5 Å². The van der Waals surface area contributed by atoms with Crippen molar-refractivity contribution in [3.8, 4) is 0 Å². The van der Waals surface area contributed by atoms with Crippen LogP contribution >= 0.6 is 11.6 Å². The Morgan fingerprint density at radius 1 is 1.62 bits per heavy atom. The summed E-state index contributed by atoms with van der Waals surface area (Å²) in [4.78, 5) is 4.11. The Hall–Kier alpha value is -1.06. The number of hydrogen-bond acceptors (Lipinski definition) is 2. The molecule has 0 saturated heterocycles. The van der Waals surface area contributed by atoms with Gasteiger partial charge in [-0.1, -0.05) is 11.6 Å². The smallest absolute Gasteiger partial charge is 0.153 e. The number of aliphatic hydroxyl groups is 1.